The van der Waals surface area contributed by atoms with E-state index in [0.717, 1.165) is 0 Å². The molecule has 0 aliphatic heterocycles. The first-order valence-corrected chi connectivity index (χ1v) is 6.67. The van der Waals surface area contributed by atoms with Crippen molar-refractivity contribution in [2.45, 2.75) is 20.0 Å². The van der Waals surface area contributed by atoms with Crippen molar-refractivity contribution in [2.24, 2.45) is 0 Å². The number of hydrogen-bond acceptors (Lipinski definition) is 3. The van der Waals surface area contributed by atoms with Gasteiger partial charge in [0.15, 0.2) is 0 Å². The molecule has 0 radical (unpaired) electrons. The van der Waals surface area contributed by atoms with Crippen molar-refractivity contribution in [2.75, 3.05) is 0 Å². The van der Waals surface area contributed by atoms with E-state index >= 15 is 0 Å². The van der Waals surface area contributed by atoms with Crippen molar-refractivity contribution in [3.63, 3.8) is 0 Å². The van der Waals surface area contributed by atoms with Crippen molar-refractivity contribution < 1.29 is 14.3 Å². The van der Waals surface area contributed by atoms with Gasteiger partial charge in [-0.25, -0.2) is 4.79 Å². The lowest BCUT2D eigenvalue weighted by atomic mass is 10.2. The molecule has 0 saturated heterocycles. The third-order valence-corrected chi connectivity index (χ3v) is 2.81. The average Bonchev–Trinajstić information content (AvgIpc) is 2.41. The summed E-state index contributed by atoms with van der Waals surface area (Å²) < 4.78 is 10.8. The van der Waals surface area contributed by atoms with Crippen molar-refractivity contribution >= 4 is 17.6 Å². The van der Waals surface area contributed by atoms with Gasteiger partial charge < -0.3 is 9.47 Å². The predicted molar refractivity (Wildman–Crippen MR) is 78.6 cm³/mol. The standard InChI is InChI=1S/C16H15ClO3/c1-11(2)19-13-9-7-12(8-10-13)16(18)20-15-6-4-3-5-14(15)17/h3-11H,1-2H3. The Bertz CT molecular complexity index is 591. The topological polar surface area (TPSA) is 35.5 Å². The zero-order valence-electron chi connectivity index (χ0n) is 11.3. The van der Waals surface area contributed by atoms with Gasteiger partial charge in [-0.15, -0.1) is 0 Å². The molecule has 2 aromatic carbocycles. The highest BCUT2D eigenvalue weighted by Crippen LogP contribution is 2.24. The van der Waals surface area contributed by atoms with Crippen LogP contribution in [0.2, 0.25) is 5.02 Å². The van der Waals surface area contributed by atoms with Gasteiger partial charge in [0, 0.05) is 0 Å². The molecule has 2 aromatic rings. The van der Waals surface area contributed by atoms with E-state index in [1.165, 1.54) is 0 Å². The fraction of sp³-hybridized carbons (Fsp3) is 0.188. The molecule has 0 spiro atoms. The number of ether oxygens (including phenoxy) is 2. The monoisotopic (exact) mass is 290 g/mol. The van der Waals surface area contributed by atoms with E-state index in [0.29, 0.717) is 22.1 Å². The van der Waals surface area contributed by atoms with Gasteiger partial charge in [-0.1, -0.05) is 23.7 Å². The van der Waals surface area contributed by atoms with Crippen molar-refractivity contribution in [1.82, 2.24) is 0 Å². The first kappa shape index (κ1) is 14.4. The molecule has 0 aliphatic carbocycles. The van der Waals surface area contributed by atoms with Crippen LogP contribution in [0.15, 0.2) is 48.5 Å². The molecule has 0 heterocycles. The second-order valence-electron chi connectivity index (χ2n) is 4.51. The van der Waals surface area contributed by atoms with Crippen LogP contribution in [0.3, 0.4) is 0 Å². The minimum atomic E-state index is -0.450. The molecule has 2 rings (SSSR count). The Morgan fingerprint density at radius 2 is 1.70 bits per heavy atom. The molecule has 20 heavy (non-hydrogen) atoms. The van der Waals surface area contributed by atoms with E-state index in [4.69, 9.17) is 21.1 Å². The Morgan fingerprint density at radius 1 is 1.05 bits per heavy atom. The first-order chi connectivity index (χ1) is 9.56. The summed E-state index contributed by atoms with van der Waals surface area (Å²) in [6.07, 6.45) is 0.0935. The third-order valence-electron chi connectivity index (χ3n) is 2.50. The molecule has 0 N–H and O–H groups in total. The molecule has 104 valence electrons. The molecule has 4 heteroatoms. The summed E-state index contributed by atoms with van der Waals surface area (Å²) in [5.74, 6) is 0.616. The predicted octanol–water partition coefficient (Wildman–Crippen LogP) is 4.35. The van der Waals surface area contributed by atoms with Crippen LogP contribution < -0.4 is 9.47 Å². The van der Waals surface area contributed by atoms with E-state index in [9.17, 15) is 4.79 Å². The molecule has 0 saturated carbocycles. The SMILES string of the molecule is CC(C)Oc1ccc(C(=O)Oc2ccccc2Cl)cc1. The summed E-state index contributed by atoms with van der Waals surface area (Å²) in [6.45, 7) is 3.89. The zero-order chi connectivity index (χ0) is 14.5. The average molecular weight is 291 g/mol. The molecule has 3 nitrogen and oxygen atoms in total. The van der Waals surface area contributed by atoms with Crippen LogP contribution >= 0.6 is 11.6 Å². The van der Waals surface area contributed by atoms with Gasteiger partial charge in [-0.3, -0.25) is 0 Å². The fourth-order valence-corrected chi connectivity index (χ4v) is 1.80. The molecule has 0 amide bonds. The summed E-state index contributed by atoms with van der Waals surface area (Å²) in [7, 11) is 0. The number of halogens is 1. The van der Waals surface area contributed by atoms with Crippen LogP contribution in [0.25, 0.3) is 0 Å². The van der Waals surface area contributed by atoms with Crippen LogP contribution in [-0.2, 0) is 0 Å². The quantitative estimate of drug-likeness (QED) is 0.620. The maximum atomic E-state index is 12.0. The van der Waals surface area contributed by atoms with Gasteiger partial charge >= 0.3 is 5.97 Å². The molecular weight excluding hydrogens is 276 g/mol. The van der Waals surface area contributed by atoms with E-state index in [1.54, 1.807) is 48.5 Å². The maximum Gasteiger partial charge on any atom is 0.343 e. The molecule has 0 atom stereocenters. The number of hydrogen-bond donors (Lipinski definition) is 0. The van der Waals surface area contributed by atoms with Crippen LogP contribution in [0.4, 0.5) is 0 Å². The molecular formula is C16H15ClO3. The second-order valence-corrected chi connectivity index (χ2v) is 4.92. The van der Waals surface area contributed by atoms with Gasteiger partial charge in [0.25, 0.3) is 0 Å². The number of carbonyl (C=O) groups is 1. The smallest absolute Gasteiger partial charge is 0.343 e. The zero-order valence-corrected chi connectivity index (χ0v) is 12.1. The highest BCUT2D eigenvalue weighted by molar-refractivity contribution is 6.32. The Morgan fingerprint density at radius 3 is 2.30 bits per heavy atom. The Balaban J connectivity index is 2.08. The lowest BCUT2D eigenvalue weighted by Gasteiger charge is -2.10. The molecule has 0 bridgehead atoms. The lowest BCUT2D eigenvalue weighted by Crippen LogP contribution is -2.09. The first-order valence-electron chi connectivity index (χ1n) is 6.29. The van der Waals surface area contributed by atoms with Gasteiger partial charge in [-0.2, -0.15) is 0 Å². The van der Waals surface area contributed by atoms with Crippen LogP contribution in [0.1, 0.15) is 24.2 Å². The van der Waals surface area contributed by atoms with E-state index in [1.807, 2.05) is 13.8 Å². The molecule has 0 unspecified atom stereocenters. The maximum absolute atomic E-state index is 12.0. The van der Waals surface area contributed by atoms with Gasteiger partial charge in [0.2, 0.25) is 0 Å². The van der Waals surface area contributed by atoms with Gasteiger partial charge in [0.05, 0.1) is 16.7 Å². The van der Waals surface area contributed by atoms with E-state index < -0.39 is 5.97 Å². The number of benzene rings is 2. The fourth-order valence-electron chi connectivity index (χ4n) is 1.63. The highest BCUT2D eigenvalue weighted by Gasteiger charge is 2.11. The van der Waals surface area contributed by atoms with Gasteiger partial charge in [0.1, 0.15) is 11.5 Å². The van der Waals surface area contributed by atoms with E-state index in [-0.39, 0.29) is 6.10 Å². The highest BCUT2D eigenvalue weighted by atomic mass is 35.5. The number of rotatable bonds is 4. The number of carbonyl (C=O) groups excluding carboxylic acids is 1. The minimum Gasteiger partial charge on any atom is -0.491 e. The third kappa shape index (κ3) is 3.75. The molecule has 0 fully saturated rings. The summed E-state index contributed by atoms with van der Waals surface area (Å²) in [5.41, 5.74) is 0.445. The number of esters is 1. The Hall–Kier alpha value is -2.00. The minimum absolute atomic E-state index is 0.0935. The molecule has 0 aliphatic rings. The lowest BCUT2D eigenvalue weighted by molar-refractivity contribution is 0.0735. The summed E-state index contributed by atoms with van der Waals surface area (Å²) in [5, 5.41) is 0.403. The van der Waals surface area contributed by atoms with Crippen molar-refractivity contribution in [3.05, 3.63) is 59.1 Å². The molecule has 0 aromatic heterocycles. The van der Waals surface area contributed by atoms with E-state index in [2.05, 4.69) is 0 Å². The second kappa shape index (κ2) is 6.44. The summed E-state index contributed by atoms with van der Waals surface area (Å²) >= 11 is 5.94. The van der Waals surface area contributed by atoms with Crippen LogP contribution in [0.5, 0.6) is 11.5 Å². The van der Waals surface area contributed by atoms with Crippen LogP contribution in [0, 0.1) is 0 Å². The van der Waals surface area contributed by atoms with Gasteiger partial charge in [-0.05, 0) is 50.2 Å². The largest absolute Gasteiger partial charge is 0.491 e. The Labute approximate surface area is 123 Å². The normalized spacial score (nSPS) is 10.4. The Kier molecular flexibility index (Phi) is 4.64. The summed E-state index contributed by atoms with van der Waals surface area (Å²) in [4.78, 5) is 12.0. The van der Waals surface area contributed by atoms with Crippen LogP contribution in [-0.4, -0.2) is 12.1 Å². The summed E-state index contributed by atoms with van der Waals surface area (Å²) in [6, 6.07) is 13.7. The number of para-hydroxylation sites is 1. The van der Waals surface area contributed by atoms with Crippen molar-refractivity contribution in [1.29, 1.82) is 0 Å². The van der Waals surface area contributed by atoms with Crippen molar-refractivity contribution in [3.8, 4) is 11.5 Å².